The number of carbonyl (C=O) groups excluding carboxylic acids is 2. The number of nitrogens with one attached hydrogen (secondary N) is 1. The maximum Gasteiger partial charge on any atom is 0.261 e. The van der Waals surface area contributed by atoms with Crippen LogP contribution in [-0.4, -0.2) is 36.4 Å². The fourth-order valence-corrected chi connectivity index (χ4v) is 3.37. The van der Waals surface area contributed by atoms with Gasteiger partial charge in [0.15, 0.2) is 6.61 Å². The van der Waals surface area contributed by atoms with Gasteiger partial charge < -0.3 is 15.0 Å². The molecule has 0 unspecified atom stereocenters. The van der Waals surface area contributed by atoms with E-state index in [2.05, 4.69) is 26.1 Å². The molecular formula is C23H28Cl2N2O3. The topological polar surface area (TPSA) is 58.6 Å². The van der Waals surface area contributed by atoms with E-state index in [0.717, 1.165) is 0 Å². The molecule has 0 fully saturated rings. The lowest BCUT2D eigenvalue weighted by Crippen LogP contribution is -2.48. The molecule has 0 aliphatic heterocycles. The number of nitrogens with zero attached hydrogens (tertiary/aromatic N) is 1. The van der Waals surface area contributed by atoms with Crippen LogP contribution in [0.15, 0.2) is 42.5 Å². The van der Waals surface area contributed by atoms with Crippen molar-refractivity contribution in [3.8, 4) is 5.75 Å². The van der Waals surface area contributed by atoms with Crippen LogP contribution >= 0.6 is 23.2 Å². The summed E-state index contributed by atoms with van der Waals surface area (Å²) in [5.74, 6) is -0.00611. The Morgan fingerprint density at radius 1 is 1.10 bits per heavy atom. The van der Waals surface area contributed by atoms with Crippen molar-refractivity contribution >= 4 is 35.0 Å². The van der Waals surface area contributed by atoms with Crippen LogP contribution in [0.4, 0.5) is 0 Å². The van der Waals surface area contributed by atoms with Gasteiger partial charge in [0, 0.05) is 23.6 Å². The molecule has 0 aromatic heterocycles. The average molecular weight is 451 g/mol. The van der Waals surface area contributed by atoms with Crippen LogP contribution in [0.2, 0.25) is 10.0 Å². The Hall–Kier alpha value is -2.24. The van der Waals surface area contributed by atoms with E-state index < -0.39 is 6.04 Å². The van der Waals surface area contributed by atoms with Crippen LogP contribution in [0.1, 0.15) is 38.8 Å². The molecule has 30 heavy (non-hydrogen) atoms. The summed E-state index contributed by atoms with van der Waals surface area (Å²) in [4.78, 5) is 26.6. The SMILES string of the molecule is CNC(=O)[C@@H](C)N(Cc1ccc(Cl)cc1Cl)C(=O)COc1ccc(C(C)(C)C)cc1. The molecule has 7 heteroatoms. The highest BCUT2D eigenvalue weighted by molar-refractivity contribution is 6.35. The van der Waals surface area contributed by atoms with E-state index in [9.17, 15) is 9.59 Å². The van der Waals surface area contributed by atoms with Crippen molar-refractivity contribution in [2.45, 2.75) is 45.7 Å². The van der Waals surface area contributed by atoms with Gasteiger partial charge in [-0.25, -0.2) is 0 Å². The molecule has 0 aliphatic carbocycles. The summed E-state index contributed by atoms with van der Waals surface area (Å²) in [6, 6.07) is 12.0. The Morgan fingerprint density at radius 2 is 1.73 bits per heavy atom. The largest absolute Gasteiger partial charge is 0.484 e. The first-order chi connectivity index (χ1) is 14.0. The Balaban J connectivity index is 2.15. The number of carbonyl (C=O) groups is 2. The highest BCUT2D eigenvalue weighted by atomic mass is 35.5. The van der Waals surface area contributed by atoms with Gasteiger partial charge in [-0.3, -0.25) is 9.59 Å². The highest BCUT2D eigenvalue weighted by Crippen LogP contribution is 2.25. The number of halogens is 2. The Bertz CT molecular complexity index is 892. The molecule has 2 amide bonds. The van der Waals surface area contributed by atoms with Crippen LogP contribution in [-0.2, 0) is 21.5 Å². The predicted molar refractivity (Wildman–Crippen MR) is 121 cm³/mol. The molecule has 0 saturated heterocycles. The molecule has 162 valence electrons. The minimum Gasteiger partial charge on any atom is -0.484 e. The van der Waals surface area contributed by atoms with Crippen molar-refractivity contribution in [2.75, 3.05) is 13.7 Å². The molecule has 0 spiro atoms. The van der Waals surface area contributed by atoms with E-state index in [1.54, 1.807) is 25.1 Å². The van der Waals surface area contributed by atoms with E-state index in [4.69, 9.17) is 27.9 Å². The van der Waals surface area contributed by atoms with E-state index in [1.165, 1.54) is 17.5 Å². The first-order valence-corrected chi connectivity index (χ1v) is 10.5. The van der Waals surface area contributed by atoms with Gasteiger partial charge in [0.25, 0.3) is 5.91 Å². The van der Waals surface area contributed by atoms with Gasteiger partial charge in [-0.1, -0.05) is 62.2 Å². The molecule has 2 rings (SSSR count). The van der Waals surface area contributed by atoms with Gasteiger partial charge in [-0.05, 0) is 47.7 Å². The second kappa shape index (κ2) is 10.2. The Morgan fingerprint density at radius 3 is 2.27 bits per heavy atom. The number of ether oxygens (including phenoxy) is 1. The number of amides is 2. The lowest BCUT2D eigenvalue weighted by atomic mass is 9.87. The number of rotatable bonds is 7. The maximum atomic E-state index is 12.9. The summed E-state index contributed by atoms with van der Waals surface area (Å²) < 4.78 is 5.69. The summed E-state index contributed by atoms with van der Waals surface area (Å²) in [5, 5.41) is 3.51. The summed E-state index contributed by atoms with van der Waals surface area (Å²) >= 11 is 12.2. The van der Waals surface area contributed by atoms with Crippen LogP contribution < -0.4 is 10.1 Å². The monoisotopic (exact) mass is 450 g/mol. The highest BCUT2D eigenvalue weighted by Gasteiger charge is 2.26. The van der Waals surface area contributed by atoms with Gasteiger partial charge in [-0.15, -0.1) is 0 Å². The van der Waals surface area contributed by atoms with Crippen molar-refractivity contribution in [2.24, 2.45) is 0 Å². The molecule has 0 aliphatic rings. The predicted octanol–water partition coefficient (Wildman–Crippen LogP) is 4.83. The quantitative estimate of drug-likeness (QED) is 0.656. The van der Waals surface area contributed by atoms with Gasteiger partial charge in [0.1, 0.15) is 11.8 Å². The molecule has 1 N–H and O–H groups in total. The van der Waals surface area contributed by atoms with Gasteiger partial charge in [0.2, 0.25) is 5.91 Å². The first-order valence-electron chi connectivity index (χ1n) is 9.71. The lowest BCUT2D eigenvalue weighted by Gasteiger charge is -2.28. The molecule has 1 atom stereocenters. The molecule has 2 aromatic rings. The van der Waals surface area contributed by atoms with Gasteiger partial charge >= 0.3 is 0 Å². The smallest absolute Gasteiger partial charge is 0.261 e. The van der Waals surface area contributed by atoms with Crippen molar-refractivity contribution in [1.29, 1.82) is 0 Å². The number of hydrogen-bond acceptors (Lipinski definition) is 3. The van der Waals surface area contributed by atoms with Crippen molar-refractivity contribution < 1.29 is 14.3 Å². The summed E-state index contributed by atoms with van der Waals surface area (Å²) in [6.45, 7) is 8.03. The second-order valence-corrected chi connectivity index (χ2v) is 8.95. The Labute approximate surface area is 188 Å². The minimum atomic E-state index is -0.693. The number of benzene rings is 2. The fraction of sp³-hybridized carbons (Fsp3) is 0.391. The zero-order chi connectivity index (χ0) is 22.5. The maximum absolute atomic E-state index is 12.9. The van der Waals surface area contributed by atoms with E-state index >= 15 is 0 Å². The van der Waals surface area contributed by atoms with E-state index in [-0.39, 0.29) is 30.4 Å². The van der Waals surface area contributed by atoms with Gasteiger partial charge in [-0.2, -0.15) is 0 Å². The Kier molecular flexibility index (Phi) is 8.16. The van der Waals surface area contributed by atoms with Crippen LogP contribution in [0.25, 0.3) is 0 Å². The van der Waals surface area contributed by atoms with Gasteiger partial charge in [0.05, 0.1) is 0 Å². The summed E-state index contributed by atoms with van der Waals surface area (Å²) in [7, 11) is 1.53. The zero-order valence-electron chi connectivity index (χ0n) is 18.0. The average Bonchev–Trinajstić information content (AvgIpc) is 2.70. The van der Waals surface area contributed by atoms with Crippen LogP contribution in [0.3, 0.4) is 0 Å². The van der Waals surface area contributed by atoms with Crippen molar-refractivity contribution in [3.05, 3.63) is 63.6 Å². The molecule has 0 bridgehead atoms. The number of likely N-dealkylation sites (N-methyl/N-ethyl adjacent to an activating group) is 1. The van der Waals surface area contributed by atoms with Crippen molar-refractivity contribution in [1.82, 2.24) is 10.2 Å². The molecule has 5 nitrogen and oxygen atoms in total. The summed E-state index contributed by atoms with van der Waals surface area (Å²) in [5.41, 5.74) is 1.90. The third-order valence-corrected chi connectivity index (χ3v) is 5.44. The molecule has 2 aromatic carbocycles. The normalized spacial score (nSPS) is 12.2. The third-order valence-electron chi connectivity index (χ3n) is 4.85. The molecular weight excluding hydrogens is 423 g/mol. The van der Waals surface area contributed by atoms with E-state index in [0.29, 0.717) is 21.4 Å². The zero-order valence-corrected chi connectivity index (χ0v) is 19.5. The van der Waals surface area contributed by atoms with E-state index in [1.807, 2.05) is 24.3 Å². The fourth-order valence-electron chi connectivity index (χ4n) is 2.90. The summed E-state index contributed by atoms with van der Waals surface area (Å²) in [6.07, 6.45) is 0. The minimum absolute atomic E-state index is 0.0337. The lowest BCUT2D eigenvalue weighted by molar-refractivity contribution is -0.142. The number of hydrogen-bond donors (Lipinski definition) is 1. The molecule has 0 heterocycles. The molecule has 0 radical (unpaired) electrons. The standard InChI is InChI=1S/C23H28Cl2N2O3/c1-15(22(29)26-5)27(13-16-6-9-18(24)12-20(16)25)21(28)14-30-19-10-7-17(8-11-19)23(2,3)4/h6-12,15H,13-14H2,1-5H3,(H,26,29)/t15-/m1/s1. The molecule has 0 saturated carbocycles. The third kappa shape index (κ3) is 6.38. The second-order valence-electron chi connectivity index (χ2n) is 8.11. The van der Waals surface area contributed by atoms with Crippen LogP contribution in [0, 0.1) is 0 Å². The van der Waals surface area contributed by atoms with Crippen LogP contribution in [0.5, 0.6) is 5.75 Å². The van der Waals surface area contributed by atoms with Crippen molar-refractivity contribution in [3.63, 3.8) is 0 Å². The first kappa shape index (κ1) is 24.0.